The number of hydrogen-bond donors (Lipinski definition) is 2. The fourth-order valence-corrected chi connectivity index (χ4v) is 2.21. The molecule has 0 saturated heterocycles. The summed E-state index contributed by atoms with van der Waals surface area (Å²) in [6.07, 6.45) is 1.24. The Morgan fingerprint density at radius 3 is 2.04 bits per heavy atom. The summed E-state index contributed by atoms with van der Waals surface area (Å²) in [5, 5.41) is 5.93. The molecule has 4 heteroatoms. The molecule has 2 aromatic carbocycles. The highest BCUT2D eigenvalue weighted by Crippen LogP contribution is 2.05. The number of hydrogen-bond acceptors (Lipinski definition) is 3. The Bertz CT molecular complexity index is 626. The van der Waals surface area contributed by atoms with Gasteiger partial charge in [-0.05, 0) is 25.1 Å². The van der Waals surface area contributed by atoms with E-state index < -0.39 is 6.17 Å². The number of carbonyl (C=O) groups excluding carboxylic acids is 2. The lowest BCUT2D eigenvalue weighted by Crippen LogP contribution is -2.51. The summed E-state index contributed by atoms with van der Waals surface area (Å²) in [6, 6.07) is 17.9. The van der Waals surface area contributed by atoms with Gasteiger partial charge in [0.2, 0.25) is 0 Å². The zero-order chi connectivity index (χ0) is 16.5. The first-order chi connectivity index (χ1) is 11.2. The highest BCUT2D eigenvalue weighted by atomic mass is 16.2. The average Bonchev–Trinajstić information content (AvgIpc) is 2.62. The van der Waals surface area contributed by atoms with Gasteiger partial charge in [0.25, 0.3) is 5.91 Å². The number of Topliss-reactive ketones (excluding diaryl/α,β-unsaturated/α-hetero) is 1. The Morgan fingerprint density at radius 2 is 1.48 bits per heavy atom. The van der Waals surface area contributed by atoms with Crippen LogP contribution in [-0.4, -0.2) is 24.4 Å². The van der Waals surface area contributed by atoms with Crippen LogP contribution in [0.3, 0.4) is 0 Å². The molecule has 23 heavy (non-hydrogen) atoms. The van der Waals surface area contributed by atoms with E-state index in [9.17, 15) is 9.59 Å². The van der Waals surface area contributed by atoms with Gasteiger partial charge in [-0.3, -0.25) is 14.9 Å². The van der Waals surface area contributed by atoms with Crippen molar-refractivity contribution in [3.05, 3.63) is 71.8 Å². The fourth-order valence-electron chi connectivity index (χ4n) is 2.21. The van der Waals surface area contributed by atoms with Gasteiger partial charge in [-0.2, -0.15) is 0 Å². The van der Waals surface area contributed by atoms with E-state index in [1.54, 1.807) is 36.4 Å². The molecule has 0 aromatic heterocycles. The van der Waals surface area contributed by atoms with Crippen molar-refractivity contribution >= 4 is 11.7 Å². The van der Waals surface area contributed by atoms with Gasteiger partial charge >= 0.3 is 0 Å². The molecular weight excluding hydrogens is 288 g/mol. The van der Waals surface area contributed by atoms with Crippen molar-refractivity contribution < 1.29 is 9.59 Å². The number of carbonyl (C=O) groups is 2. The molecule has 0 unspecified atom stereocenters. The van der Waals surface area contributed by atoms with Crippen molar-refractivity contribution in [3.63, 3.8) is 0 Å². The number of unbranched alkanes of at least 4 members (excludes halogenated alkanes) is 1. The van der Waals surface area contributed by atoms with Gasteiger partial charge in [0.1, 0.15) is 6.17 Å². The van der Waals surface area contributed by atoms with Crippen LogP contribution < -0.4 is 10.6 Å². The second-order valence-electron chi connectivity index (χ2n) is 5.31. The van der Waals surface area contributed by atoms with Crippen LogP contribution in [0, 0.1) is 0 Å². The molecule has 0 radical (unpaired) electrons. The molecule has 1 atom stereocenters. The maximum atomic E-state index is 12.6. The standard InChI is InChI=1S/C19H22N2O2/c1-2-3-14-20-18(17(22)15-10-6-4-7-11-15)21-19(23)16-12-8-5-9-13-16/h4-13,18,20H,2-3,14H2,1H3,(H,21,23)/t18-/m0/s1. The van der Waals surface area contributed by atoms with E-state index in [1.807, 2.05) is 24.3 Å². The smallest absolute Gasteiger partial charge is 0.252 e. The molecule has 0 fully saturated rings. The summed E-state index contributed by atoms with van der Waals surface area (Å²) in [6.45, 7) is 2.76. The van der Waals surface area contributed by atoms with Crippen LogP contribution in [0.15, 0.2) is 60.7 Å². The van der Waals surface area contributed by atoms with Crippen molar-refractivity contribution in [2.24, 2.45) is 0 Å². The van der Waals surface area contributed by atoms with Crippen LogP contribution in [0.2, 0.25) is 0 Å². The second-order valence-corrected chi connectivity index (χ2v) is 5.31. The molecule has 0 heterocycles. The number of nitrogens with one attached hydrogen (secondary N) is 2. The third-order valence-electron chi connectivity index (χ3n) is 3.51. The third-order valence-corrected chi connectivity index (χ3v) is 3.51. The Balaban J connectivity index is 2.10. The van der Waals surface area contributed by atoms with Gasteiger partial charge < -0.3 is 5.32 Å². The average molecular weight is 310 g/mol. The lowest BCUT2D eigenvalue weighted by Gasteiger charge is -2.19. The quantitative estimate of drug-likeness (QED) is 0.448. The van der Waals surface area contributed by atoms with Gasteiger partial charge in [-0.15, -0.1) is 0 Å². The number of amides is 1. The lowest BCUT2D eigenvalue weighted by molar-refractivity contribution is 0.0838. The van der Waals surface area contributed by atoms with E-state index in [1.165, 1.54) is 0 Å². The van der Waals surface area contributed by atoms with E-state index in [0.717, 1.165) is 12.8 Å². The molecule has 0 aliphatic rings. The number of benzene rings is 2. The molecule has 120 valence electrons. The Labute approximate surface area is 136 Å². The van der Waals surface area contributed by atoms with Crippen LogP contribution in [0.1, 0.15) is 40.5 Å². The second kappa shape index (κ2) is 8.86. The molecule has 1 amide bonds. The SMILES string of the molecule is CCCCN[C@@H](NC(=O)c1ccccc1)C(=O)c1ccccc1. The molecule has 4 nitrogen and oxygen atoms in total. The summed E-state index contributed by atoms with van der Waals surface area (Å²) in [7, 11) is 0. The first kappa shape index (κ1) is 16.9. The van der Waals surface area contributed by atoms with Crippen molar-refractivity contribution in [1.82, 2.24) is 10.6 Å². The molecular formula is C19H22N2O2. The zero-order valence-corrected chi connectivity index (χ0v) is 13.3. The summed E-state index contributed by atoms with van der Waals surface area (Å²) in [4.78, 5) is 24.9. The van der Waals surface area contributed by atoms with Gasteiger partial charge in [-0.25, -0.2) is 0 Å². The van der Waals surface area contributed by atoms with E-state index in [0.29, 0.717) is 17.7 Å². The Morgan fingerprint density at radius 1 is 0.913 bits per heavy atom. The van der Waals surface area contributed by atoms with Crippen molar-refractivity contribution in [2.45, 2.75) is 25.9 Å². The van der Waals surface area contributed by atoms with Gasteiger partial charge in [0.05, 0.1) is 0 Å². The van der Waals surface area contributed by atoms with E-state index in [4.69, 9.17) is 0 Å². The molecule has 2 aromatic rings. The highest BCUT2D eigenvalue weighted by molar-refractivity contribution is 6.04. The Kier molecular flexibility index (Phi) is 6.51. The molecule has 0 aliphatic carbocycles. The number of rotatable bonds is 8. The summed E-state index contributed by atoms with van der Waals surface area (Å²) < 4.78 is 0. The molecule has 0 aliphatic heterocycles. The van der Waals surface area contributed by atoms with E-state index >= 15 is 0 Å². The fraction of sp³-hybridized carbons (Fsp3) is 0.263. The van der Waals surface area contributed by atoms with Crippen LogP contribution in [-0.2, 0) is 0 Å². The minimum absolute atomic E-state index is 0.133. The minimum Gasteiger partial charge on any atom is -0.330 e. The first-order valence-electron chi connectivity index (χ1n) is 7.91. The maximum Gasteiger partial charge on any atom is 0.252 e. The molecule has 2 N–H and O–H groups in total. The van der Waals surface area contributed by atoms with Crippen molar-refractivity contribution in [1.29, 1.82) is 0 Å². The van der Waals surface area contributed by atoms with E-state index in [2.05, 4.69) is 17.6 Å². The van der Waals surface area contributed by atoms with Crippen LogP contribution in [0.25, 0.3) is 0 Å². The Hall–Kier alpha value is -2.46. The minimum atomic E-state index is -0.725. The third kappa shape index (κ3) is 5.04. The largest absolute Gasteiger partial charge is 0.330 e. The van der Waals surface area contributed by atoms with Crippen molar-refractivity contribution in [2.75, 3.05) is 6.54 Å². The number of ketones is 1. The first-order valence-corrected chi connectivity index (χ1v) is 7.91. The molecule has 0 saturated carbocycles. The van der Waals surface area contributed by atoms with Crippen molar-refractivity contribution in [3.8, 4) is 0 Å². The van der Waals surface area contributed by atoms with Crippen LogP contribution in [0.5, 0.6) is 0 Å². The maximum absolute atomic E-state index is 12.6. The lowest BCUT2D eigenvalue weighted by atomic mass is 10.1. The van der Waals surface area contributed by atoms with Crippen LogP contribution in [0.4, 0.5) is 0 Å². The zero-order valence-electron chi connectivity index (χ0n) is 13.3. The summed E-state index contributed by atoms with van der Waals surface area (Å²) in [5.74, 6) is -0.394. The summed E-state index contributed by atoms with van der Waals surface area (Å²) >= 11 is 0. The van der Waals surface area contributed by atoms with Crippen LogP contribution >= 0.6 is 0 Å². The highest BCUT2D eigenvalue weighted by Gasteiger charge is 2.21. The molecule has 0 bridgehead atoms. The predicted molar refractivity (Wildman–Crippen MR) is 91.4 cm³/mol. The van der Waals surface area contributed by atoms with Gasteiger partial charge in [0.15, 0.2) is 5.78 Å². The molecule has 2 rings (SSSR count). The van der Waals surface area contributed by atoms with E-state index in [-0.39, 0.29) is 11.7 Å². The molecule has 0 spiro atoms. The van der Waals surface area contributed by atoms with Gasteiger partial charge in [-0.1, -0.05) is 61.9 Å². The predicted octanol–water partition coefficient (Wildman–Crippen LogP) is 3.02. The normalized spacial score (nSPS) is 11.7. The topological polar surface area (TPSA) is 58.2 Å². The summed E-state index contributed by atoms with van der Waals surface area (Å²) in [5.41, 5.74) is 1.12. The monoisotopic (exact) mass is 310 g/mol. The van der Waals surface area contributed by atoms with Gasteiger partial charge in [0, 0.05) is 11.1 Å².